The number of hydrogen-bond acceptors (Lipinski definition) is 5. The number of aryl methyl sites for hydroxylation is 1. The number of aromatic nitrogens is 1. The highest BCUT2D eigenvalue weighted by Crippen LogP contribution is 2.23. The van der Waals surface area contributed by atoms with Crippen molar-refractivity contribution in [1.29, 1.82) is 0 Å². The predicted octanol–water partition coefficient (Wildman–Crippen LogP) is 0.464. The van der Waals surface area contributed by atoms with Crippen molar-refractivity contribution in [2.45, 2.75) is 6.92 Å². The summed E-state index contributed by atoms with van der Waals surface area (Å²) in [5.41, 5.74) is 5.93. The average molecular weight is 182 g/mol. The van der Waals surface area contributed by atoms with Crippen molar-refractivity contribution in [1.82, 2.24) is 4.98 Å². The summed E-state index contributed by atoms with van der Waals surface area (Å²) in [4.78, 5) is 14.8. The van der Waals surface area contributed by atoms with Gasteiger partial charge in [-0.3, -0.25) is 0 Å². The molecule has 0 atom stereocenters. The maximum Gasteiger partial charge on any atom is 0.356 e. The molecule has 1 aromatic rings. The number of carbonyl (C=O) groups is 1. The third-order valence-corrected chi connectivity index (χ3v) is 1.59. The van der Waals surface area contributed by atoms with Gasteiger partial charge in [-0.1, -0.05) is 0 Å². The Morgan fingerprint density at radius 2 is 2.31 bits per heavy atom. The van der Waals surface area contributed by atoms with Gasteiger partial charge in [0, 0.05) is 0 Å². The Labute approximate surface area is 75.2 Å². The van der Waals surface area contributed by atoms with Crippen molar-refractivity contribution in [2.75, 3.05) is 12.8 Å². The minimum Gasteiger partial charge on any atom is -0.504 e. The summed E-state index contributed by atoms with van der Waals surface area (Å²) in [6, 6.07) is 1.27. The van der Waals surface area contributed by atoms with Gasteiger partial charge < -0.3 is 15.6 Å². The van der Waals surface area contributed by atoms with E-state index in [0.29, 0.717) is 5.69 Å². The first-order valence-corrected chi connectivity index (χ1v) is 3.60. The van der Waals surface area contributed by atoms with Gasteiger partial charge in [0.05, 0.1) is 18.5 Å². The van der Waals surface area contributed by atoms with Crippen LogP contribution in [0.4, 0.5) is 5.69 Å². The third kappa shape index (κ3) is 1.69. The first kappa shape index (κ1) is 9.31. The molecule has 13 heavy (non-hydrogen) atoms. The van der Waals surface area contributed by atoms with Crippen LogP contribution in [-0.4, -0.2) is 23.2 Å². The van der Waals surface area contributed by atoms with Crippen LogP contribution >= 0.6 is 0 Å². The number of aromatic hydroxyl groups is 1. The minimum atomic E-state index is -0.574. The molecule has 70 valence electrons. The van der Waals surface area contributed by atoms with Crippen LogP contribution in [0.2, 0.25) is 0 Å². The lowest BCUT2D eigenvalue weighted by Crippen LogP contribution is -2.06. The smallest absolute Gasteiger partial charge is 0.356 e. The number of pyridine rings is 1. The van der Waals surface area contributed by atoms with Gasteiger partial charge in [-0.05, 0) is 13.0 Å². The number of nitrogens with zero attached hydrogens (tertiary/aromatic N) is 1. The largest absolute Gasteiger partial charge is 0.504 e. The second kappa shape index (κ2) is 3.30. The highest BCUT2D eigenvalue weighted by atomic mass is 16.5. The van der Waals surface area contributed by atoms with Gasteiger partial charge in [-0.2, -0.15) is 0 Å². The Kier molecular flexibility index (Phi) is 2.36. The summed E-state index contributed by atoms with van der Waals surface area (Å²) in [5.74, 6) is -0.678. The summed E-state index contributed by atoms with van der Waals surface area (Å²) < 4.78 is 4.45. The van der Waals surface area contributed by atoms with Crippen LogP contribution in [0.3, 0.4) is 0 Å². The lowest BCUT2D eigenvalue weighted by Gasteiger charge is -2.04. The van der Waals surface area contributed by atoms with Crippen molar-refractivity contribution in [2.24, 2.45) is 0 Å². The van der Waals surface area contributed by atoms with E-state index in [0.717, 1.165) is 0 Å². The second-order valence-corrected chi connectivity index (χ2v) is 2.52. The number of nitrogen functional groups attached to an aromatic ring is 1. The van der Waals surface area contributed by atoms with E-state index in [-0.39, 0.29) is 17.1 Å². The van der Waals surface area contributed by atoms with Gasteiger partial charge >= 0.3 is 5.97 Å². The fourth-order valence-corrected chi connectivity index (χ4v) is 0.900. The van der Waals surface area contributed by atoms with Crippen molar-refractivity contribution in [3.63, 3.8) is 0 Å². The fraction of sp³-hybridized carbons (Fsp3) is 0.250. The van der Waals surface area contributed by atoms with Crippen molar-refractivity contribution in [3.05, 3.63) is 17.5 Å². The fourth-order valence-electron chi connectivity index (χ4n) is 0.900. The average Bonchev–Trinajstić information content (AvgIpc) is 2.12. The van der Waals surface area contributed by atoms with E-state index >= 15 is 0 Å². The van der Waals surface area contributed by atoms with Gasteiger partial charge in [0.25, 0.3) is 0 Å². The van der Waals surface area contributed by atoms with Crippen LogP contribution in [0.25, 0.3) is 0 Å². The molecule has 0 fully saturated rings. The maximum absolute atomic E-state index is 11.0. The predicted molar refractivity (Wildman–Crippen MR) is 46.4 cm³/mol. The molecular weight excluding hydrogens is 172 g/mol. The molecule has 1 heterocycles. The monoisotopic (exact) mass is 182 g/mol. The van der Waals surface area contributed by atoms with E-state index in [4.69, 9.17) is 5.73 Å². The molecule has 0 saturated heterocycles. The summed E-state index contributed by atoms with van der Waals surface area (Å²) in [6.45, 7) is 1.55. The van der Waals surface area contributed by atoms with E-state index in [1.807, 2.05) is 0 Å². The molecule has 1 aromatic heterocycles. The van der Waals surface area contributed by atoms with Gasteiger partial charge in [-0.15, -0.1) is 0 Å². The summed E-state index contributed by atoms with van der Waals surface area (Å²) in [5, 5.41) is 9.25. The summed E-state index contributed by atoms with van der Waals surface area (Å²) in [7, 11) is 1.25. The lowest BCUT2D eigenvalue weighted by atomic mass is 10.2. The molecule has 0 aromatic carbocycles. The molecule has 0 bridgehead atoms. The molecule has 3 N–H and O–H groups in total. The Morgan fingerprint density at radius 3 is 2.77 bits per heavy atom. The number of ether oxygens (including phenoxy) is 1. The number of rotatable bonds is 1. The molecule has 0 aliphatic rings. The number of esters is 1. The SMILES string of the molecule is COC(=O)c1cc(N)c(O)c(C)n1. The van der Waals surface area contributed by atoms with Crippen LogP contribution in [-0.2, 0) is 4.74 Å². The number of carbonyl (C=O) groups excluding carboxylic acids is 1. The molecule has 0 radical (unpaired) electrons. The molecule has 0 aliphatic carbocycles. The molecule has 0 aliphatic heterocycles. The van der Waals surface area contributed by atoms with E-state index in [1.165, 1.54) is 13.2 Å². The van der Waals surface area contributed by atoms with Crippen molar-refractivity contribution < 1.29 is 14.6 Å². The Morgan fingerprint density at radius 1 is 1.69 bits per heavy atom. The topological polar surface area (TPSA) is 85.4 Å². The zero-order valence-electron chi connectivity index (χ0n) is 7.37. The lowest BCUT2D eigenvalue weighted by molar-refractivity contribution is 0.0594. The standard InChI is InChI=1S/C8H10N2O3/c1-4-7(11)5(9)3-6(10-4)8(12)13-2/h3,11H,1-2H3,(H2,9,10). The van der Waals surface area contributed by atoms with Crippen LogP contribution < -0.4 is 5.73 Å². The maximum atomic E-state index is 11.0. The normalized spacial score (nSPS) is 9.69. The van der Waals surface area contributed by atoms with Gasteiger partial charge in [-0.25, -0.2) is 9.78 Å². The first-order chi connectivity index (χ1) is 6.06. The number of methoxy groups -OCH3 is 1. The second-order valence-electron chi connectivity index (χ2n) is 2.52. The van der Waals surface area contributed by atoms with Gasteiger partial charge in [0.2, 0.25) is 0 Å². The van der Waals surface area contributed by atoms with Crippen LogP contribution in [0.1, 0.15) is 16.2 Å². The van der Waals surface area contributed by atoms with Gasteiger partial charge in [0.15, 0.2) is 11.4 Å². The Bertz CT molecular complexity index is 326. The number of anilines is 1. The highest BCUT2D eigenvalue weighted by Gasteiger charge is 2.11. The van der Waals surface area contributed by atoms with Crippen molar-refractivity contribution in [3.8, 4) is 5.75 Å². The number of nitrogens with two attached hydrogens (primary N) is 1. The quantitative estimate of drug-likeness (QED) is 0.616. The first-order valence-electron chi connectivity index (χ1n) is 3.60. The molecule has 0 saturated carbocycles. The van der Waals surface area contributed by atoms with Crippen LogP contribution in [0.15, 0.2) is 6.07 Å². The third-order valence-electron chi connectivity index (χ3n) is 1.59. The molecule has 0 unspecified atom stereocenters. The van der Waals surface area contributed by atoms with Crippen LogP contribution in [0.5, 0.6) is 5.75 Å². The highest BCUT2D eigenvalue weighted by molar-refractivity contribution is 5.88. The summed E-state index contributed by atoms with van der Waals surface area (Å²) in [6.07, 6.45) is 0. The molecule has 1 rings (SSSR count). The minimum absolute atomic E-state index is 0.0929. The van der Waals surface area contributed by atoms with E-state index in [9.17, 15) is 9.90 Å². The number of hydrogen-bond donors (Lipinski definition) is 2. The van der Waals surface area contributed by atoms with E-state index in [1.54, 1.807) is 6.92 Å². The molecule has 5 heteroatoms. The Balaban J connectivity index is 3.20. The van der Waals surface area contributed by atoms with Crippen molar-refractivity contribution >= 4 is 11.7 Å². The van der Waals surface area contributed by atoms with E-state index in [2.05, 4.69) is 9.72 Å². The molecule has 0 spiro atoms. The van der Waals surface area contributed by atoms with E-state index < -0.39 is 5.97 Å². The zero-order chi connectivity index (χ0) is 10.0. The zero-order valence-corrected chi connectivity index (χ0v) is 7.37. The van der Waals surface area contributed by atoms with Gasteiger partial charge in [0.1, 0.15) is 0 Å². The Hall–Kier alpha value is -1.78. The molecular formula is C8H10N2O3. The summed E-state index contributed by atoms with van der Waals surface area (Å²) >= 11 is 0. The molecule has 0 amide bonds. The molecule has 5 nitrogen and oxygen atoms in total. The van der Waals surface area contributed by atoms with Crippen LogP contribution in [0, 0.1) is 6.92 Å².